The molecule has 0 atom stereocenters. The van der Waals surface area contributed by atoms with Gasteiger partial charge >= 0.3 is 0 Å². The minimum atomic E-state index is -5.02. The lowest BCUT2D eigenvalue weighted by Crippen LogP contribution is -2.18. The molecule has 0 radical (unpaired) electrons. The van der Waals surface area contributed by atoms with Crippen molar-refractivity contribution in [2.75, 3.05) is 10.6 Å². The standard InChI is InChI=1S/C25H20N4O10S2/c30-24(14-3-1-4-17(11-14)29(32)33)26-15-12-21(28(13-15)16-7-8-16)25(31)27-20-10-9-18-19(23(20)41(37,38)39)5-2-6-22(18)40(34,35)36/h1-6,9-13,16H,7-8H2,(H,26,30)(H,27,31)(H,34,35,36)(H,37,38,39). The summed E-state index contributed by atoms with van der Waals surface area (Å²) in [5.74, 6) is -1.46. The third kappa shape index (κ3) is 5.66. The number of nitro benzene ring substituents is 1. The summed E-state index contributed by atoms with van der Waals surface area (Å²) in [5.41, 5.74) is -0.382. The average Bonchev–Trinajstić information content (AvgIpc) is 3.66. The van der Waals surface area contributed by atoms with Crippen LogP contribution in [-0.4, -0.2) is 47.2 Å². The Kier molecular flexibility index (Phi) is 6.86. The third-order valence-electron chi connectivity index (χ3n) is 6.35. The normalized spacial score (nSPS) is 13.6. The van der Waals surface area contributed by atoms with Gasteiger partial charge in [-0.05, 0) is 37.1 Å². The van der Waals surface area contributed by atoms with Gasteiger partial charge in [0.1, 0.15) is 15.5 Å². The number of nitrogens with zero attached hydrogens (tertiary/aromatic N) is 2. The zero-order valence-corrected chi connectivity index (χ0v) is 22.3. The number of hydrogen-bond acceptors (Lipinski definition) is 8. The van der Waals surface area contributed by atoms with Gasteiger partial charge in [-0.2, -0.15) is 16.8 Å². The van der Waals surface area contributed by atoms with Gasteiger partial charge < -0.3 is 15.2 Å². The fraction of sp³-hybridized carbons (Fsp3) is 0.120. The molecule has 0 aliphatic heterocycles. The number of benzene rings is 3. The van der Waals surface area contributed by atoms with Crippen LogP contribution in [0.1, 0.15) is 39.7 Å². The van der Waals surface area contributed by atoms with E-state index in [9.17, 15) is 45.6 Å². The summed E-state index contributed by atoms with van der Waals surface area (Å²) in [6.45, 7) is 0. The maximum absolute atomic E-state index is 13.4. The Bertz CT molecular complexity index is 1980. The van der Waals surface area contributed by atoms with E-state index >= 15 is 0 Å². The molecule has 14 nitrogen and oxygen atoms in total. The second-order valence-corrected chi connectivity index (χ2v) is 12.0. The lowest BCUT2D eigenvalue weighted by Gasteiger charge is -2.14. The highest BCUT2D eigenvalue weighted by molar-refractivity contribution is 7.86. The number of carbonyl (C=O) groups excluding carboxylic acids is 2. The average molecular weight is 601 g/mol. The van der Waals surface area contributed by atoms with E-state index in [0.29, 0.717) is 0 Å². The van der Waals surface area contributed by atoms with Crippen molar-refractivity contribution in [2.24, 2.45) is 0 Å². The molecule has 1 fully saturated rings. The Morgan fingerprint density at radius 3 is 2.22 bits per heavy atom. The van der Waals surface area contributed by atoms with Crippen molar-refractivity contribution < 1.29 is 40.5 Å². The van der Waals surface area contributed by atoms with Crippen LogP contribution in [-0.2, 0) is 20.2 Å². The fourth-order valence-corrected chi connectivity index (χ4v) is 6.00. The van der Waals surface area contributed by atoms with Gasteiger partial charge in [-0.25, -0.2) is 0 Å². The van der Waals surface area contributed by atoms with Crippen LogP contribution in [0.25, 0.3) is 10.8 Å². The molecule has 4 aromatic rings. The van der Waals surface area contributed by atoms with E-state index in [-0.39, 0.29) is 45.1 Å². The number of nitro groups is 1. The van der Waals surface area contributed by atoms with Crippen LogP contribution >= 0.6 is 0 Å². The summed E-state index contributed by atoms with van der Waals surface area (Å²) in [6.07, 6.45) is 2.97. The number of amides is 2. The third-order valence-corrected chi connectivity index (χ3v) is 8.22. The minimum absolute atomic E-state index is 0.0163. The van der Waals surface area contributed by atoms with E-state index in [4.69, 9.17) is 0 Å². The molecular weight excluding hydrogens is 580 g/mol. The highest BCUT2D eigenvalue weighted by Gasteiger charge is 2.30. The smallest absolute Gasteiger partial charge is 0.297 e. The van der Waals surface area contributed by atoms with Crippen LogP contribution in [0.15, 0.2) is 76.7 Å². The highest BCUT2D eigenvalue weighted by atomic mass is 32.2. The summed E-state index contributed by atoms with van der Waals surface area (Å²) in [5, 5.41) is 15.6. The van der Waals surface area contributed by atoms with Gasteiger partial charge in [0.25, 0.3) is 37.7 Å². The van der Waals surface area contributed by atoms with Gasteiger partial charge in [0.15, 0.2) is 0 Å². The number of nitrogens with one attached hydrogen (secondary N) is 2. The first-order chi connectivity index (χ1) is 19.2. The van der Waals surface area contributed by atoms with Gasteiger partial charge in [-0.1, -0.05) is 24.3 Å². The van der Waals surface area contributed by atoms with E-state index in [1.54, 1.807) is 4.57 Å². The van der Waals surface area contributed by atoms with E-state index < -0.39 is 46.8 Å². The summed E-state index contributed by atoms with van der Waals surface area (Å²) in [6, 6.07) is 12.0. The van der Waals surface area contributed by atoms with Crippen LogP contribution in [0.2, 0.25) is 0 Å². The summed E-state index contributed by atoms with van der Waals surface area (Å²) in [4.78, 5) is 35.1. The quantitative estimate of drug-likeness (QED) is 0.130. The molecule has 41 heavy (non-hydrogen) atoms. The summed E-state index contributed by atoms with van der Waals surface area (Å²) in [7, 11) is -9.77. The second-order valence-electron chi connectivity index (χ2n) is 9.21. The molecule has 0 spiro atoms. The topological polar surface area (TPSA) is 215 Å². The number of aromatic nitrogens is 1. The van der Waals surface area contributed by atoms with Gasteiger partial charge in [-0.3, -0.25) is 28.8 Å². The van der Waals surface area contributed by atoms with Crippen LogP contribution in [0, 0.1) is 10.1 Å². The molecule has 1 saturated carbocycles. The molecule has 1 aromatic heterocycles. The minimum Gasteiger partial charge on any atom is -0.338 e. The first-order valence-electron chi connectivity index (χ1n) is 11.8. The Hall–Kier alpha value is -4.64. The summed E-state index contributed by atoms with van der Waals surface area (Å²) >= 11 is 0. The summed E-state index contributed by atoms with van der Waals surface area (Å²) < 4.78 is 69.4. The number of carbonyl (C=O) groups is 2. The maximum Gasteiger partial charge on any atom is 0.297 e. The van der Waals surface area contributed by atoms with Gasteiger partial charge in [0.05, 0.1) is 16.3 Å². The van der Waals surface area contributed by atoms with Gasteiger partial charge in [0.2, 0.25) is 0 Å². The highest BCUT2D eigenvalue weighted by Crippen LogP contribution is 2.39. The molecular formula is C25H20N4O10S2. The van der Waals surface area contributed by atoms with Crippen molar-refractivity contribution in [1.29, 1.82) is 0 Å². The second kappa shape index (κ2) is 10.1. The monoisotopic (exact) mass is 600 g/mol. The molecule has 4 N–H and O–H groups in total. The maximum atomic E-state index is 13.4. The van der Waals surface area contributed by atoms with Crippen molar-refractivity contribution in [3.63, 3.8) is 0 Å². The van der Waals surface area contributed by atoms with Crippen molar-refractivity contribution in [3.05, 3.63) is 88.2 Å². The Morgan fingerprint density at radius 2 is 1.59 bits per heavy atom. The molecule has 0 saturated heterocycles. The molecule has 2 amide bonds. The predicted molar refractivity (Wildman–Crippen MR) is 145 cm³/mol. The van der Waals surface area contributed by atoms with Crippen LogP contribution in [0.3, 0.4) is 0 Å². The van der Waals surface area contributed by atoms with Gasteiger partial charge in [-0.15, -0.1) is 0 Å². The molecule has 16 heteroatoms. The fourth-order valence-electron chi connectivity index (χ4n) is 4.44. The molecule has 212 valence electrons. The lowest BCUT2D eigenvalue weighted by molar-refractivity contribution is -0.384. The Balaban J connectivity index is 1.50. The van der Waals surface area contributed by atoms with Crippen LogP contribution < -0.4 is 10.6 Å². The Morgan fingerprint density at radius 1 is 0.878 bits per heavy atom. The molecule has 1 aliphatic rings. The van der Waals surface area contributed by atoms with Crippen molar-refractivity contribution in [1.82, 2.24) is 4.57 Å². The van der Waals surface area contributed by atoms with Crippen molar-refractivity contribution >= 4 is 59.9 Å². The number of fused-ring (bicyclic) bond motifs is 1. The zero-order valence-electron chi connectivity index (χ0n) is 20.7. The van der Waals surface area contributed by atoms with Crippen LogP contribution in [0.5, 0.6) is 0 Å². The largest absolute Gasteiger partial charge is 0.338 e. The predicted octanol–water partition coefficient (Wildman–Crippen LogP) is 3.88. The number of non-ortho nitro benzene ring substituents is 1. The van der Waals surface area contributed by atoms with Gasteiger partial charge in [0, 0.05) is 40.7 Å². The molecule has 5 rings (SSSR count). The Labute approximate surface area is 232 Å². The number of hydrogen-bond donors (Lipinski definition) is 4. The van der Waals surface area contributed by atoms with Crippen molar-refractivity contribution in [3.8, 4) is 0 Å². The molecule has 3 aromatic carbocycles. The first kappa shape index (κ1) is 27.9. The van der Waals surface area contributed by atoms with E-state index in [1.165, 1.54) is 48.7 Å². The lowest BCUT2D eigenvalue weighted by atomic mass is 10.1. The number of rotatable bonds is 8. The van der Waals surface area contributed by atoms with Crippen LogP contribution in [0.4, 0.5) is 17.1 Å². The van der Waals surface area contributed by atoms with E-state index in [1.807, 2.05) is 0 Å². The number of anilines is 2. The molecule has 1 aliphatic carbocycles. The van der Waals surface area contributed by atoms with E-state index in [0.717, 1.165) is 31.0 Å². The molecule has 0 bridgehead atoms. The molecule has 1 heterocycles. The molecule has 0 unspecified atom stereocenters. The first-order valence-corrected chi connectivity index (χ1v) is 14.7. The van der Waals surface area contributed by atoms with E-state index in [2.05, 4.69) is 10.6 Å². The van der Waals surface area contributed by atoms with Crippen molar-refractivity contribution in [2.45, 2.75) is 28.7 Å². The zero-order chi connectivity index (χ0) is 29.7. The SMILES string of the molecule is O=C(Nc1cc(C(=O)Nc2ccc3c(S(=O)(=O)O)cccc3c2S(=O)(=O)O)n(C2CC2)c1)c1cccc([N+](=O)[O-])c1.